The number of nitrogens with zero attached hydrogens (tertiary/aromatic N) is 3. The van der Waals surface area contributed by atoms with Gasteiger partial charge in [0.25, 0.3) is 17.5 Å². The highest BCUT2D eigenvalue weighted by atomic mass is 127. The van der Waals surface area contributed by atoms with Crippen molar-refractivity contribution in [2.24, 2.45) is 0 Å². The number of methoxy groups -OCH3 is 1. The minimum absolute atomic E-state index is 0.00671. The van der Waals surface area contributed by atoms with E-state index in [1.165, 1.54) is 35.1 Å². The summed E-state index contributed by atoms with van der Waals surface area (Å²) in [6, 6.07) is 24.2. The summed E-state index contributed by atoms with van der Waals surface area (Å²) in [4.78, 5) is 41.1. The average molecular weight is 720 g/mol. The molecule has 0 aliphatic carbocycles. The molecule has 0 atom stereocenters. The maximum absolute atomic E-state index is 13.9. The number of non-ortho nitro benzene ring substituents is 1. The minimum Gasteiger partial charge on any atom is -0.493 e. The summed E-state index contributed by atoms with van der Waals surface area (Å²) in [5, 5.41) is 11.0. The monoisotopic (exact) mass is 719 g/mol. The molecule has 0 bridgehead atoms. The molecule has 0 radical (unpaired) electrons. The van der Waals surface area contributed by atoms with Crippen LogP contribution in [-0.4, -0.2) is 29.0 Å². The molecule has 222 valence electrons. The van der Waals surface area contributed by atoms with Crippen molar-refractivity contribution in [3.05, 3.63) is 126 Å². The Balaban J connectivity index is 1.51. The van der Waals surface area contributed by atoms with Gasteiger partial charge in [-0.3, -0.25) is 29.5 Å². The van der Waals surface area contributed by atoms with Gasteiger partial charge in [-0.15, -0.1) is 0 Å². The molecule has 1 fully saturated rings. The number of anilines is 2. The van der Waals surface area contributed by atoms with Crippen molar-refractivity contribution < 1.29 is 24.0 Å². The molecule has 1 saturated heterocycles. The smallest absolute Gasteiger partial charge is 0.270 e. The van der Waals surface area contributed by atoms with Crippen LogP contribution in [0.15, 0.2) is 90.5 Å². The van der Waals surface area contributed by atoms with Crippen LogP contribution in [0.3, 0.4) is 0 Å². The molecule has 44 heavy (non-hydrogen) atoms. The van der Waals surface area contributed by atoms with Crippen LogP contribution >= 0.6 is 34.8 Å². The van der Waals surface area contributed by atoms with Crippen LogP contribution in [0.2, 0.25) is 0 Å². The van der Waals surface area contributed by atoms with Gasteiger partial charge in [-0.25, -0.2) is 0 Å². The van der Waals surface area contributed by atoms with Gasteiger partial charge in [0.05, 0.1) is 27.0 Å². The quantitative estimate of drug-likeness (QED) is 0.0476. The lowest BCUT2D eigenvalue weighted by Crippen LogP contribution is -2.56. The lowest BCUT2D eigenvalue weighted by molar-refractivity contribution is -0.384. The highest BCUT2D eigenvalue weighted by molar-refractivity contribution is 14.1. The highest BCUT2D eigenvalue weighted by Crippen LogP contribution is 2.36. The Hall–Kier alpha value is -4.62. The van der Waals surface area contributed by atoms with Crippen molar-refractivity contribution in [1.82, 2.24) is 0 Å². The summed E-state index contributed by atoms with van der Waals surface area (Å²) in [6.07, 6.45) is 1.53. The van der Waals surface area contributed by atoms with E-state index < -0.39 is 16.7 Å². The van der Waals surface area contributed by atoms with Gasteiger partial charge in [0, 0.05) is 12.1 Å². The topological polar surface area (TPSA) is 102 Å². The van der Waals surface area contributed by atoms with Crippen LogP contribution in [0.1, 0.15) is 22.3 Å². The Morgan fingerprint density at radius 1 is 0.864 bits per heavy atom. The second-order valence-electron chi connectivity index (χ2n) is 10.0. The van der Waals surface area contributed by atoms with Crippen molar-refractivity contribution in [3.8, 4) is 11.5 Å². The molecule has 1 aliphatic rings. The number of benzene rings is 4. The number of halogens is 1. The van der Waals surface area contributed by atoms with Gasteiger partial charge in [0.2, 0.25) is 0 Å². The summed E-state index contributed by atoms with van der Waals surface area (Å²) in [7, 11) is 1.49. The maximum Gasteiger partial charge on any atom is 0.270 e. The van der Waals surface area contributed by atoms with Gasteiger partial charge >= 0.3 is 0 Å². The number of hydrogen-bond donors (Lipinski definition) is 0. The van der Waals surface area contributed by atoms with E-state index in [0.717, 1.165) is 16.7 Å². The molecule has 4 aromatic carbocycles. The van der Waals surface area contributed by atoms with Crippen molar-refractivity contribution in [3.63, 3.8) is 0 Å². The predicted molar refractivity (Wildman–Crippen MR) is 181 cm³/mol. The largest absolute Gasteiger partial charge is 0.493 e. The fraction of sp³-hybridized carbons (Fsp3) is 0.121. The number of nitro groups is 1. The zero-order valence-electron chi connectivity index (χ0n) is 23.9. The molecule has 1 heterocycles. The third-order valence-corrected chi connectivity index (χ3v) is 8.09. The van der Waals surface area contributed by atoms with Gasteiger partial charge in [0.15, 0.2) is 16.6 Å². The number of carbonyl (C=O) groups excluding carboxylic acids is 2. The second kappa shape index (κ2) is 12.9. The molecule has 2 amide bonds. The first-order valence-electron chi connectivity index (χ1n) is 13.4. The van der Waals surface area contributed by atoms with Gasteiger partial charge in [-0.1, -0.05) is 35.4 Å². The van der Waals surface area contributed by atoms with E-state index in [0.29, 0.717) is 32.0 Å². The summed E-state index contributed by atoms with van der Waals surface area (Å²) in [5.41, 5.74) is 4.33. The summed E-state index contributed by atoms with van der Waals surface area (Å²) in [6.45, 7) is 4.04. The predicted octanol–water partition coefficient (Wildman–Crippen LogP) is 7.15. The molecule has 5 rings (SSSR count). The second-order valence-corrected chi connectivity index (χ2v) is 11.6. The SMILES string of the molecule is COc1cc(C=C2C(=O)N(c3ccc(C)cc3)C(=S)N(c3ccc(C)cc3)C2=O)cc(I)c1OCc1ccc([N+](=O)[O-])cc1. The Bertz CT molecular complexity index is 1740. The zero-order chi connectivity index (χ0) is 31.5. The minimum atomic E-state index is -0.542. The van der Waals surface area contributed by atoms with Gasteiger partial charge in [-0.05, 0) is 114 Å². The summed E-state index contributed by atoms with van der Waals surface area (Å²) >= 11 is 7.83. The lowest BCUT2D eigenvalue weighted by Gasteiger charge is -2.36. The Labute approximate surface area is 273 Å². The van der Waals surface area contributed by atoms with Crippen LogP contribution in [-0.2, 0) is 16.2 Å². The lowest BCUT2D eigenvalue weighted by atomic mass is 10.0. The number of nitro benzene ring substituents is 1. The molecule has 0 aromatic heterocycles. The van der Waals surface area contributed by atoms with E-state index in [-0.39, 0.29) is 23.0 Å². The van der Waals surface area contributed by atoms with E-state index in [9.17, 15) is 19.7 Å². The molecule has 1 aliphatic heterocycles. The number of amides is 2. The number of aryl methyl sites for hydroxylation is 2. The van der Waals surface area contributed by atoms with Gasteiger partial charge in [-0.2, -0.15) is 0 Å². The van der Waals surface area contributed by atoms with Crippen LogP contribution in [0.5, 0.6) is 11.5 Å². The zero-order valence-corrected chi connectivity index (χ0v) is 26.9. The molecule has 9 nitrogen and oxygen atoms in total. The van der Waals surface area contributed by atoms with E-state index in [2.05, 4.69) is 22.6 Å². The molecule has 4 aromatic rings. The van der Waals surface area contributed by atoms with Gasteiger partial charge < -0.3 is 9.47 Å². The normalized spacial score (nSPS) is 13.3. The van der Waals surface area contributed by atoms with Gasteiger partial charge in [0.1, 0.15) is 12.2 Å². The molecule has 0 unspecified atom stereocenters. The van der Waals surface area contributed by atoms with Crippen LogP contribution in [0.4, 0.5) is 17.1 Å². The van der Waals surface area contributed by atoms with Crippen LogP contribution < -0.4 is 19.3 Å². The van der Waals surface area contributed by atoms with E-state index >= 15 is 0 Å². The first kappa shape index (κ1) is 30.8. The third-order valence-electron chi connectivity index (χ3n) is 6.93. The van der Waals surface area contributed by atoms with E-state index in [1.807, 2.05) is 38.1 Å². The van der Waals surface area contributed by atoms with Crippen LogP contribution in [0.25, 0.3) is 6.08 Å². The molecule has 11 heteroatoms. The number of carbonyl (C=O) groups is 2. The number of hydrogen-bond acceptors (Lipinski definition) is 7. The average Bonchev–Trinajstić information content (AvgIpc) is 3.00. The Kier molecular flexibility index (Phi) is 9.06. The molecule has 0 spiro atoms. The number of rotatable bonds is 8. The van der Waals surface area contributed by atoms with Crippen molar-refractivity contribution >= 4 is 74.9 Å². The van der Waals surface area contributed by atoms with E-state index in [4.69, 9.17) is 21.7 Å². The van der Waals surface area contributed by atoms with Crippen molar-refractivity contribution in [2.75, 3.05) is 16.9 Å². The molecular weight excluding hydrogens is 693 g/mol. The van der Waals surface area contributed by atoms with Crippen LogP contribution in [0, 0.1) is 27.5 Å². The fourth-order valence-electron chi connectivity index (χ4n) is 4.57. The third kappa shape index (κ3) is 6.33. The van der Waals surface area contributed by atoms with E-state index in [1.54, 1.807) is 48.5 Å². The maximum atomic E-state index is 13.9. The van der Waals surface area contributed by atoms with Crippen molar-refractivity contribution in [1.29, 1.82) is 0 Å². The Morgan fingerprint density at radius 3 is 1.86 bits per heavy atom. The standard InChI is InChI=1S/C33H26IN3O6S/c1-20-4-10-24(11-5-20)35-31(38)27(32(39)36(33(35)44)25-12-6-21(2)7-13-25)16-23-17-28(34)30(29(18-23)42-3)43-19-22-8-14-26(15-9-22)37(40)41/h4-18H,19H2,1-3H3. The summed E-state index contributed by atoms with van der Waals surface area (Å²) < 4.78 is 12.3. The molecular formula is C33H26IN3O6S. The molecule has 0 saturated carbocycles. The number of ether oxygens (including phenoxy) is 2. The van der Waals surface area contributed by atoms with Crippen molar-refractivity contribution in [2.45, 2.75) is 20.5 Å². The number of thiocarbonyl (C=S) groups is 1. The first-order chi connectivity index (χ1) is 21.1. The first-order valence-corrected chi connectivity index (χ1v) is 14.9. The molecule has 0 N–H and O–H groups in total. The highest BCUT2D eigenvalue weighted by Gasteiger charge is 2.41. The fourth-order valence-corrected chi connectivity index (χ4v) is 5.73. The summed E-state index contributed by atoms with van der Waals surface area (Å²) in [5.74, 6) is -0.235. The Morgan fingerprint density at radius 2 is 1.39 bits per heavy atom.